The molecule has 0 radical (unpaired) electrons. The highest BCUT2D eigenvalue weighted by molar-refractivity contribution is 7.92. The van der Waals surface area contributed by atoms with Gasteiger partial charge in [0.2, 0.25) is 15.9 Å². The predicted octanol–water partition coefficient (Wildman–Crippen LogP) is 3.10. The summed E-state index contributed by atoms with van der Waals surface area (Å²) < 4.78 is 51.8. The third kappa shape index (κ3) is 7.08. The number of nitrogens with zero attached hydrogens (tertiary/aromatic N) is 1. The SMILES string of the molecule is CCCCCS(=O)(=O)CC(=O)Nc1ccc(C)c(S(=O)(=O)N2CCCCCC2)c1. The molecule has 1 N–H and O–H groups in total. The fraction of sp³-hybridized carbons (Fsp3) is 0.650. The third-order valence-corrected chi connectivity index (χ3v) is 8.72. The number of unbranched alkanes of at least 4 members (excludes halogenated alkanes) is 2. The number of anilines is 1. The van der Waals surface area contributed by atoms with E-state index in [1.807, 2.05) is 6.92 Å². The van der Waals surface area contributed by atoms with E-state index in [1.54, 1.807) is 19.1 Å². The van der Waals surface area contributed by atoms with E-state index in [9.17, 15) is 21.6 Å². The van der Waals surface area contributed by atoms with Crippen LogP contribution in [0, 0.1) is 6.92 Å². The van der Waals surface area contributed by atoms with Crippen molar-refractivity contribution in [2.24, 2.45) is 0 Å². The largest absolute Gasteiger partial charge is 0.325 e. The lowest BCUT2D eigenvalue weighted by Gasteiger charge is -2.21. The summed E-state index contributed by atoms with van der Waals surface area (Å²) in [5, 5.41) is 2.54. The van der Waals surface area contributed by atoms with Crippen LogP contribution in [0.5, 0.6) is 0 Å². The van der Waals surface area contributed by atoms with E-state index in [-0.39, 0.29) is 16.3 Å². The van der Waals surface area contributed by atoms with E-state index in [4.69, 9.17) is 0 Å². The zero-order chi connectivity index (χ0) is 21.5. The highest BCUT2D eigenvalue weighted by atomic mass is 32.2. The molecule has 1 aliphatic rings. The quantitative estimate of drug-likeness (QED) is 0.590. The molecule has 1 fully saturated rings. The number of hydrogen-bond donors (Lipinski definition) is 1. The molecule has 0 bridgehead atoms. The Kier molecular flexibility index (Phi) is 8.66. The van der Waals surface area contributed by atoms with Crippen LogP contribution >= 0.6 is 0 Å². The third-order valence-electron chi connectivity index (χ3n) is 5.06. The lowest BCUT2D eigenvalue weighted by atomic mass is 10.2. The Hall–Kier alpha value is -1.45. The summed E-state index contributed by atoms with van der Waals surface area (Å²) in [6, 6.07) is 4.66. The lowest BCUT2D eigenvalue weighted by molar-refractivity contribution is -0.113. The van der Waals surface area contributed by atoms with Crippen molar-refractivity contribution < 1.29 is 21.6 Å². The molecule has 164 valence electrons. The highest BCUT2D eigenvalue weighted by Gasteiger charge is 2.27. The molecular weight excluding hydrogens is 412 g/mol. The van der Waals surface area contributed by atoms with Gasteiger partial charge in [-0.25, -0.2) is 16.8 Å². The Morgan fingerprint density at radius 2 is 1.69 bits per heavy atom. The van der Waals surface area contributed by atoms with Crippen LogP contribution in [0.25, 0.3) is 0 Å². The average molecular weight is 445 g/mol. The maximum absolute atomic E-state index is 13.1. The van der Waals surface area contributed by atoms with Crippen LogP contribution in [0.2, 0.25) is 0 Å². The fourth-order valence-corrected chi connectivity index (χ4v) is 6.45. The van der Waals surface area contributed by atoms with Gasteiger partial charge >= 0.3 is 0 Å². The number of sulfone groups is 1. The second-order valence-electron chi connectivity index (χ2n) is 7.65. The Bertz CT molecular complexity index is 903. The van der Waals surface area contributed by atoms with E-state index in [1.165, 1.54) is 10.4 Å². The smallest absolute Gasteiger partial charge is 0.243 e. The van der Waals surface area contributed by atoms with Crippen LogP contribution in [-0.2, 0) is 24.7 Å². The lowest BCUT2D eigenvalue weighted by Crippen LogP contribution is -2.32. The average Bonchev–Trinajstić information content (AvgIpc) is 2.93. The number of nitrogens with one attached hydrogen (secondary N) is 1. The van der Waals surface area contributed by atoms with Crippen LogP contribution in [0.3, 0.4) is 0 Å². The maximum Gasteiger partial charge on any atom is 0.243 e. The van der Waals surface area contributed by atoms with Gasteiger partial charge in [0.1, 0.15) is 5.75 Å². The summed E-state index contributed by atoms with van der Waals surface area (Å²) in [7, 11) is -7.14. The number of aryl methyl sites for hydroxylation is 1. The van der Waals surface area contributed by atoms with E-state index >= 15 is 0 Å². The van der Waals surface area contributed by atoms with Crippen molar-refractivity contribution in [2.75, 3.05) is 29.9 Å². The van der Waals surface area contributed by atoms with Crippen molar-refractivity contribution in [1.82, 2.24) is 4.31 Å². The number of rotatable bonds is 9. The van der Waals surface area contributed by atoms with Crippen molar-refractivity contribution in [3.8, 4) is 0 Å². The van der Waals surface area contributed by atoms with Gasteiger partial charge in [-0.3, -0.25) is 4.79 Å². The van der Waals surface area contributed by atoms with Gasteiger partial charge in [-0.15, -0.1) is 0 Å². The maximum atomic E-state index is 13.1. The number of hydrogen-bond acceptors (Lipinski definition) is 5. The van der Waals surface area contributed by atoms with Gasteiger partial charge in [-0.2, -0.15) is 4.31 Å². The first-order chi connectivity index (χ1) is 13.7. The molecule has 0 saturated carbocycles. The Balaban J connectivity index is 2.13. The molecule has 1 heterocycles. The zero-order valence-electron chi connectivity index (χ0n) is 17.3. The molecule has 0 aromatic heterocycles. The van der Waals surface area contributed by atoms with Crippen molar-refractivity contribution in [2.45, 2.75) is 63.7 Å². The topological polar surface area (TPSA) is 101 Å². The van der Waals surface area contributed by atoms with Gasteiger partial charge in [0.05, 0.1) is 10.6 Å². The molecule has 0 aliphatic carbocycles. The van der Waals surface area contributed by atoms with Crippen molar-refractivity contribution >= 4 is 31.5 Å². The molecule has 1 saturated heterocycles. The molecule has 1 amide bonds. The minimum atomic E-state index is -3.66. The number of amides is 1. The van der Waals surface area contributed by atoms with Gasteiger partial charge in [0.25, 0.3) is 0 Å². The van der Waals surface area contributed by atoms with Crippen molar-refractivity contribution in [3.63, 3.8) is 0 Å². The Morgan fingerprint density at radius 1 is 1.03 bits per heavy atom. The molecular formula is C20H32N2O5S2. The summed E-state index contributed by atoms with van der Waals surface area (Å²) in [6.07, 6.45) is 5.96. The molecule has 7 nitrogen and oxygen atoms in total. The zero-order valence-corrected chi connectivity index (χ0v) is 18.9. The van der Waals surface area contributed by atoms with E-state index in [0.717, 1.165) is 38.5 Å². The van der Waals surface area contributed by atoms with Gasteiger partial charge in [0, 0.05) is 18.8 Å². The second kappa shape index (κ2) is 10.5. The van der Waals surface area contributed by atoms with E-state index in [0.29, 0.717) is 25.1 Å². The van der Waals surface area contributed by atoms with Crippen LogP contribution < -0.4 is 5.32 Å². The minimum Gasteiger partial charge on any atom is -0.325 e. The molecule has 0 unspecified atom stereocenters. The monoisotopic (exact) mass is 444 g/mol. The first kappa shape index (κ1) is 23.8. The van der Waals surface area contributed by atoms with Crippen LogP contribution in [0.4, 0.5) is 5.69 Å². The van der Waals surface area contributed by atoms with Crippen LogP contribution in [0.1, 0.15) is 57.4 Å². The molecule has 0 atom stereocenters. The first-order valence-electron chi connectivity index (χ1n) is 10.3. The number of sulfonamides is 1. The van der Waals surface area contributed by atoms with E-state index in [2.05, 4.69) is 5.32 Å². The fourth-order valence-electron chi connectivity index (χ4n) is 3.42. The summed E-state index contributed by atoms with van der Waals surface area (Å²) in [5.41, 5.74) is 0.886. The Labute approximate surface area is 174 Å². The highest BCUT2D eigenvalue weighted by Crippen LogP contribution is 2.25. The number of carbonyl (C=O) groups is 1. The molecule has 0 spiro atoms. The number of benzene rings is 1. The predicted molar refractivity (Wildman–Crippen MR) is 115 cm³/mol. The summed E-state index contributed by atoms with van der Waals surface area (Å²) in [6.45, 7) is 4.69. The number of carbonyl (C=O) groups excluding carboxylic acids is 1. The second-order valence-corrected chi connectivity index (χ2v) is 11.7. The van der Waals surface area contributed by atoms with Crippen molar-refractivity contribution in [1.29, 1.82) is 0 Å². The normalized spacial score (nSPS) is 16.3. The van der Waals surface area contributed by atoms with Crippen LogP contribution in [-0.4, -0.2) is 51.6 Å². The summed E-state index contributed by atoms with van der Waals surface area (Å²) >= 11 is 0. The van der Waals surface area contributed by atoms with Gasteiger partial charge < -0.3 is 5.32 Å². The van der Waals surface area contributed by atoms with Gasteiger partial charge in [-0.05, 0) is 43.9 Å². The summed E-state index contributed by atoms with van der Waals surface area (Å²) in [5.74, 6) is -1.27. The molecule has 1 aliphatic heterocycles. The molecule has 2 rings (SSSR count). The molecule has 1 aromatic rings. The Morgan fingerprint density at radius 3 is 2.31 bits per heavy atom. The molecule has 1 aromatic carbocycles. The van der Waals surface area contributed by atoms with Gasteiger partial charge in [0.15, 0.2) is 9.84 Å². The molecule has 29 heavy (non-hydrogen) atoms. The van der Waals surface area contributed by atoms with Crippen LogP contribution in [0.15, 0.2) is 23.1 Å². The van der Waals surface area contributed by atoms with Gasteiger partial charge in [-0.1, -0.05) is 38.7 Å². The first-order valence-corrected chi connectivity index (χ1v) is 13.5. The molecule has 9 heteroatoms. The van der Waals surface area contributed by atoms with Crippen molar-refractivity contribution in [3.05, 3.63) is 23.8 Å². The van der Waals surface area contributed by atoms with E-state index < -0.39 is 31.5 Å². The standard InChI is InChI=1S/C20H32N2O5S2/c1-3-4-9-14-28(24,25)16-20(23)21-18-11-10-17(2)19(15-18)29(26,27)22-12-7-5-6-8-13-22/h10-11,15H,3-9,12-14,16H2,1-2H3,(H,21,23). The minimum absolute atomic E-state index is 0.0171. The summed E-state index contributed by atoms with van der Waals surface area (Å²) in [4.78, 5) is 12.4.